The van der Waals surface area contributed by atoms with E-state index in [1.54, 1.807) is 40.0 Å². The number of carbonyl (C=O) groups excluding carboxylic acids is 3. The van der Waals surface area contributed by atoms with Crippen LogP contribution in [0.3, 0.4) is 0 Å². The molecule has 0 atom stereocenters. The monoisotopic (exact) mass is 290 g/mol. The first kappa shape index (κ1) is 15.0. The molecular weight excluding hydrogens is 272 g/mol. The molecular formula is C15H18N2O4. The average Bonchev–Trinajstić information content (AvgIpc) is 2.64. The van der Waals surface area contributed by atoms with Gasteiger partial charge < -0.3 is 9.64 Å². The first-order valence-corrected chi connectivity index (χ1v) is 6.59. The van der Waals surface area contributed by atoms with Crippen molar-refractivity contribution >= 4 is 24.0 Å². The molecule has 0 radical (unpaired) electrons. The highest BCUT2D eigenvalue weighted by Gasteiger charge is 2.30. The fourth-order valence-electron chi connectivity index (χ4n) is 2.21. The van der Waals surface area contributed by atoms with Gasteiger partial charge in [-0.05, 0) is 38.5 Å². The molecule has 2 amide bonds. The highest BCUT2D eigenvalue weighted by molar-refractivity contribution is 6.07. The second-order valence-electron chi connectivity index (χ2n) is 5.96. The molecule has 0 aliphatic carbocycles. The van der Waals surface area contributed by atoms with Gasteiger partial charge in [-0.15, -0.1) is 0 Å². The summed E-state index contributed by atoms with van der Waals surface area (Å²) in [5, 5.41) is 2.58. The Morgan fingerprint density at radius 3 is 2.62 bits per heavy atom. The van der Waals surface area contributed by atoms with E-state index < -0.39 is 11.7 Å². The van der Waals surface area contributed by atoms with Gasteiger partial charge in [0.1, 0.15) is 11.9 Å². The maximum Gasteiger partial charge on any atom is 0.412 e. The van der Waals surface area contributed by atoms with Crippen LogP contribution in [0.25, 0.3) is 0 Å². The lowest BCUT2D eigenvalue weighted by atomic mass is 10.0. The van der Waals surface area contributed by atoms with Crippen molar-refractivity contribution in [2.24, 2.45) is 0 Å². The summed E-state index contributed by atoms with van der Waals surface area (Å²) >= 11 is 0. The molecule has 6 nitrogen and oxygen atoms in total. The van der Waals surface area contributed by atoms with Crippen molar-refractivity contribution < 1.29 is 19.1 Å². The molecule has 112 valence electrons. The Kier molecular flexibility index (Phi) is 3.72. The molecule has 0 unspecified atom stereocenters. The maximum atomic E-state index is 12.2. The van der Waals surface area contributed by atoms with Crippen molar-refractivity contribution in [2.45, 2.75) is 32.9 Å². The second-order valence-corrected chi connectivity index (χ2v) is 5.96. The van der Waals surface area contributed by atoms with Gasteiger partial charge >= 0.3 is 6.09 Å². The molecule has 1 aliphatic heterocycles. The fourth-order valence-corrected chi connectivity index (χ4v) is 2.21. The van der Waals surface area contributed by atoms with Gasteiger partial charge in [0.2, 0.25) is 0 Å². The van der Waals surface area contributed by atoms with Crippen LogP contribution in [0.15, 0.2) is 12.1 Å². The van der Waals surface area contributed by atoms with Gasteiger partial charge in [-0.25, -0.2) is 4.79 Å². The van der Waals surface area contributed by atoms with E-state index in [-0.39, 0.29) is 5.91 Å². The van der Waals surface area contributed by atoms with Crippen LogP contribution >= 0.6 is 0 Å². The smallest absolute Gasteiger partial charge is 0.412 e. The summed E-state index contributed by atoms with van der Waals surface area (Å²) in [4.78, 5) is 36.6. The summed E-state index contributed by atoms with van der Waals surface area (Å²) in [5.74, 6) is -0.222. The standard InChI is InChI=1S/C15H18N2O4/c1-15(2,3)21-14(20)16-11-6-5-9(8-18)10-7-17(4)13(19)12(10)11/h5-6,8H,7H2,1-4H3,(H,16,20). The maximum absolute atomic E-state index is 12.2. The molecule has 0 spiro atoms. The lowest BCUT2D eigenvalue weighted by Crippen LogP contribution is -2.28. The average molecular weight is 290 g/mol. The number of ether oxygens (including phenoxy) is 1. The summed E-state index contributed by atoms with van der Waals surface area (Å²) in [6, 6.07) is 3.13. The predicted octanol–water partition coefficient (Wildman–Crippen LogP) is 2.43. The fraction of sp³-hybridized carbons (Fsp3) is 0.400. The van der Waals surface area contributed by atoms with Gasteiger partial charge in [0.05, 0.1) is 11.3 Å². The molecule has 1 heterocycles. The second kappa shape index (κ2) is 5.20. The first-order valence-electron chi connectivity index (χ1n) is 6.59. The Labute approximate surface area is 123 Å². The van der Waals surface area contributed by atoms with Gasteiger partial charge in [0.25, 0.3) is 5.91 Å². The summed E-state index contributed by atoms with van der Waals surface area (Å²) in [7, 11) is 1.65. The molecule has 0 saturated carbocycles. The minimum absolute atomic E-state index is 0.222. The molecule has 1 aliphatic rings. The number of nitrogens with zero attached hydrogens (tertiary/aromatic N) is 1. The van der Waals surface area contributed by atoms with Gasteiger partial charge in [0.15, 0.2) is 0 Å². The summed E-state index contributed by atoms with van der Waals surface area (Å²) < 4.78 is 5.18. The quantitative estimate of drug-likeness (QED) is 0.849. The van der Waals surface area contributed by atoms with Crippen LogP contribution < -0.4 is 5.32 Å². The number of hydrogen-bond acceptors (Lipinski definition) is 4. The highest BCUT2D eigenvalue weighted by atomic mass is 16.6. The van der Waals surface area contributed by atoms with Crippen LogP contribution in [0.4, 0.5) is 10.5 Å². The molecule has 0 saturated heterocycles. The number of hydrogen-bond donors (Lipinski definition) is 1. The van der Waals surface area contributed by atoms with Gasteiger partial charge in [-0.3, -0.25) is 14.9 Å². The molecule has 21 heavy (non-hydrogen) atoms. The lowest BCUT2D eigenvalue weighted by molar-refractivity contribution is 0.0636. The van der Waals surface area contributed by atoms with Crippen molar-refractivity contribution in [1.29, 1.82) is 0 Å². The molecule has 1 aromatic rings. The zero-order chi connectivity index (χ0) is 15.8. The topological polar surface area (TPSA) is 75.7 Å². The molecule has 1 aromatic carbocycles. The van der Waals surface area contributed by atoms with Crippen molar-refractivity contribution in [1.82, 2.24) is 4.90 Å². The van der Waals surface area contributed by atoms with E-state index in [1.165, 1.54) is 4.90 Å². The number of benzene rings is 1. The summed E-state index contributed by atoms with van der Waals surface area (Å²) in [6.07, 6.45) is 0.0774. The van der Waals surface area contributed by atoms with Gasteiger partial charge in [-0.2, -0.15) is 0 Å². The Balaban J connectivity index is 2.35. The molecule has 6 heteroatoms. The Morgan fingerprint density at radius 1 is 1.38 bits per heavy atom. The van der Waals surface area contributed by atoms with Crippen LogP contribution in [0.5, 0.6) is 0 Å². The van der Waals surface area contributed by atoms with Crippen LogP contribution in [-0.2, 0) is 11.3 Å². The third-order valence-electron chi connectivity index (χ3n) is 3.07. The van der Waals surface area contributed by atoms with E-state index in [1.807, 2.05) is 0 Å². The number of nitrogens with one attached hydrogen (secondary N) is 1. The zero-order valence-electron chi connectivity index (χ0n) is 12.5. The number of fused-ring (bicyclic) bond motifs is 1. The molecule has 1 N–H and O–H groups in total. The van der Waals surface area contributed by atoms with Gasteiger partial charge in [-0.1, -0.05) is 0 Å². The number of anilines is 1. The van der Waals surface area contributed by atoms with Crippen molar-refractivity contribution in [3.63, 3.8) is 0 Å². The van der Waals surface area contributed by atoms with Crippen LogP contribution in [0.1, 0.15) is 47.1 Å². The Morgan fingerprint density at radius 2 is 2.05 bits per heavy atom. The van der Waals surface area contributed by atoms with E-state index in [9.17, 15) is 14.4 Å². The summed E-state index contributed by atoms with van der Waals surface area (Å²) in [6.45, 7) is 5.62. The largest absolute Gasteiger partial charge is 0.444 e. The SMILES string of the molecule is CN1Cc2c(C=O)ccc(NC(=O)OC(C)(C)C)c2C1=O. The number of amides is 2. The van der Waals surface area contributed by atoms with Crippen LogP contribution in [0, 0.1) is 0 Å². The highest BCUT2D eigenvalue weighted by Crippen LogP contribution is 2.31. The van der Waals surface area contributed by atoms with Gasteiger partial charge in [0, 0.05) is 19.2 Å². The van der Waals surface area contributed by atoms with E-state index in [0.29, 0.717) is 35.2 Å². The zero-order valence-corrected chi connectivity index (χ0v) is 12.5. The molecule has 2 rings (SSSR count). The number of aldehydes is 1. The molecule has 0 fully saturated rings. The molecule has 0 aromatic heterocycles. The molecule has 0 bridgehead atoms. The van der Waals surface area contributed by atoms with E-state index in [0.717, 1.165) is 0 Å². The van der Waals surface area contributed by atoms with E-state index in [4.69, 9.17) is 4.74 Å². The van der Waals surface area contributed by atoms with Crippen LogP contribution in [-0.4, -0.2) is 35.8 Å². The minimum Gasteiger partial charge on any atom is -0.444 e. The van der Waals surface area contributed by atoms with Crippen molar-refractivity contribution in [3.05, 3.63) is 28.8 Å². The number of carbonyl (C=O) groups is 3. The van der Waals surface area contributed by atoms with Crippen molar-refractivity contribution in [2.75, 3.05) is 12.4 Å². The minimum atomic E-state index is -0.633. The third-order valence-corrected chi connectivity index (χ3v) is 3.07. The van der Waals surface area contributed by atoms with Crippen LogP contribution in [0.2, 0.25) is 0 Å². The normalized spacial score (nSPS) is 13.9. The van der Waals surface area contributed by atoms with E-state index in [2.05, 4.69) is 5.32 Å². The summed E-state index contributed by atoms with van der Waals surface area (Å²) in [5.41, 5.74) is 1.17. The first-order chi connectivity index (χ1) is 9.73. The Hall–Kier alpha value is -2.37. The van der Waals surface area contributed by atoms with E-state index >= 15 is 0 Å². The Bertz CT molecular complexity index is 617. The lowest BCUT2D eigenvalue weighted by Gasteiger charge is -2.20. The third kappa shape index (κ3) is 3.04. The number of rotatable bonds is 2. The van der Waals surface area contributed by atoms with Crippen molar-refractivity contribution in [3.8, 4) is 0 Å². The predicted molar refractivity (Wildman–Crippen MR) is 77.5 cm³/mol.